The number of primary amides is 1. The molecule has 3 nitrogen and oxygen atoms in total. The molecule has 1 aromatic carbocycles. The maximum Gasteiger partial charge on any atom is 0.418 e. The number of halogens is 6. The van der Waals surface area contributed by atoms with Crippen LogP contribution in [0, 0.1) is 5.41 Å². The van der Waals surface area contributed by atoms with E-state index in [4.69, 9.17) is 5.73 Å². The summed E-state index contributed by atoms with van der Waals surface area (Å²) in [5.41, 5.74) is 2.13. The highest BCUT2D eigenvalue weighted by Crippen LogP contribution is 2.52. The predicted molar refractivity (Wildman–Crippen MR) is 97.2 cm³/mol. The van der Waals surface area contributed by atoms with Crippen molar-refractivity contribution in [1.29, 1.82) is 0 Å². The SMILES string of the molecule is NC(=O)C1([C@H](c2ccc(C(F)(F)F)cc2)c2ncccc2C(F)(F)F)CCCCC1. The number of alkyl halides is 6. The van der Waals surface area contributed by atoms with Gasteiger partial charge in [-0.2, -0.15) is 26.3 Å². The third kappa shape index (κ3) is 4.15. The van der Waals surface area contributed by atoms with Gasteiger partial charge >= 0.3 is 12.4 Å². The zero-order chi connectivity index (χ0) is 22.2. The Morgan fingerprint density at radius 2 is 1.53 bits per heavy atom. The molecule has 1 amide bonds. The van der Waals surface area contributed by atoms with E-state index in [1.165, 1.54) is 6.20 Å². The number of carbonyl (C=O) groups excluding carboxylic acids is 1. The number of amides is 1. The van der Waals surface area contributed by atoms with Crippen molar-refractivity contribution >= 4 is 5.91 Å². The zero-order valence-corrected chi connectivity index (χ0v) is 15.9. The standard InChI is InChI=1S/C21H20F6N2O/c22-20(23,24)14-8-6-13(7-9-14)16(19(18(28)30)10-2-1-3-11-19)17-15(21(25,26)27)5-4-12-29-17/h4-9,12,16H,1-3,10-11H2,(H2,28,30)/t16-/m1/s1. The van der Waals surface area contributed by atoms with Crippen LogP contribution in [-0.2, 0) is 17.1 Å². The van der Waals surface area contributed by atoms with Crippen LogP contribution in [-0.4, -0.2) is 10.9 Å². The largest absolute Gasteiger partial charge is 0.418 e. The van der Waals surface area contributed by atoms with E-state index in [0.717, 1.165) is 42.8 Å². The van der Waals surface area contributed by atoms with Crippen LogP contribution in [0.1, 0.15) is 60.4 Å². The fourth-order valence-corrected chi connectivity index (χ4v) is 4.35. The Kier molecular flexibility index (Phi) is 5.84. The van der Waals surface area contributed by atoms with E-state index < -0.39 is 46.4 Å². The summed E-state index contributed by atoms with van der Waals surface area (Å²) in [5, 5.41) is 0. The van der Waals surface area contributed by atoms with Gasteiger partial charge in [-0.25, -0.2) is 0 Å². The Morgan fingerprint density at radius 3 is 2.03 bits per heavy atom. The van der Waals surface area contributed by atoms with Crippen molar-refractivity contribution in [2.24, 2.45) is 11.1 Å². The molecule has 0 radical (unpaired) electrons. The van der Waals surface area contributed by atoms with Crippen LogP contribution >= 0.6 is 0 Å². The van der Waals surface area contributed by atoms with E-state index in [-0.39, 0.29) is 18.4 Å². The average Bonchev–Trinajstić information content (AvgIpc) is 2.68. The normalized spacial score (nSPS) is 18.1. The average molecular weight is 430 g/mol. The first-order valence-electron chi connectivity index (χ1n) is 9.46. The van der Waals surface area contributed by atoms with Crippen LogP contribution < -0.4 is 5.73 Å². The Hall–Kier alpha value is -2.58. The lowest BCUT2D eigenvalue weighted by Gasteiger charge is -2.41. The molecular formula is C21H20F6N2O. The number of hydrogen-bond acceptors (Lipinski definition) is 2. The van der Waals surface area contributed by atoms with Crippen molar-refractivity contribution in [2.75, 3.05) is 0 Å². The highest BCUT2D eigenvalue weighted by atomic mass is 19.4. The van der Waals surface area contributed by atoms with Crippen LogP contribution in [0.15, 0.2) is 42.6 Å². The number of benzene rings is 1. The lowest BCUT2D eigenvalue weighted by molar-refractivity contribution is -0.140. The number of carbonyl (C=O) groups is 1. The van der Waals surface area contributed by atoms with Crippen LogP contribution in [0.3, 0.4) is 0 Å². The molecule has 2 aromatic rings. The molecule has 0 saturated heterocycles. The Bertz CT molecular complexity index is 899. The van der Waals surface area contributed by atoms with Gasteiger partial charge in [-0.3, -0.25) is 9.78 Å². The smallest absolute Gasteiger partial charge is 0.369 e. The number of nitrogens with zero attached hydrogens (tertiary/aromatic N) is 1. The van der Waals surface area contributed by atoms with E-state index in [9.17, 15) is 31.1 Å². The fraction of sp³-hybridized carbons (Fsp3) is 0.429. The maximum atomic E-state index is 13.7. The highest BCUT2D eigenvalue weighted by molar-refractivity contribution is 5.83. The molecule has 9 heteroatoms. The van der Waals surface area contributed by atoms with E-state index >= 15 is 0 Å². The molecule has 1 aliphatic rings. The van der Waals surface area contributed by atoms with Gasteiger partial charge in [0.2, 0.25) is 5.91 Å². The Balaban J connectivity index is 2.24. The topological polar surface area (TPSA) is 56.0 Å². The molecule has 1 saturated carbocycles. The highest BCUT2D eigenvalue weighted by Gasteiger charge is 2.50. The van der Waals surface area contributed by atoms with Crippen LogP contribution in [0.5, 0.6) is 0 Å². The lowest BCUT2D eigenvalue weighted by Crippen LogP contribution is -2.45. The van der Waals surface area contributed by atoms with Gasteiger partial charge in [0.05, 0.1) is 22.2 Å². The third-order valence-corrected chi connectivity index (χ3v) is 5.78. The molecule has 1 heterocycles. The van der Waals surface area contributed by atoms with Crippen molar-refractivity contribution in [2.45, 2.75) is 50.4 Å². The second-order valence-electron chi connectivity index (χ2n) is 7.57. The van der Waals surface area contributed by atoms with E-state index in [0.29, 0.717) is 12.8 Å². The molecule has 162 valence electrons. The summed E-state index contributed by atoms with van der Waals surface area (Å²) in [5.74, 6) is -1.98. The van der Waals surface area contributed by atoms with Crippen LogP contribution in [0.4, 0.5) is 26.3 Å². The Morgan fingerprint density at radius 1 is 0.933 bits per heavy atom. The van der Waals surface area contributed by atoms with Crippen LogP contribution in [0.25, 0.3) is 0 Å². The molecular weight excluding hydrogens is 410 g/mol. The summed E-state index contributed by atoms with van der Waals surface area (Å²) < 4.78 is 80.2. The van der Waals surface area contributed by atoms with Gasteiger partial charge in [0.15, 0.2) is 0 Å². The number of hydrogen-bond donors (Lipinski definition) is 1. The van der Waals surface area contributed by atoms with Crippen LogP contribution in [0.2, 0.25) is 0 Å². The third-order valence-electron chi connectivity index (χ3n) is 5.78. The molecule has 3 rings (SSSR count). The van der Waals surface area contributed by atoms with Gasteiger partial charge in [0.25, 0.3) is 0 Å². The minimum atomic E-state index is -4.75. The first-order valence-corrected chi connectivity index (χ1v) is 9.46. The first-order chi connectivity index (χ1) is 14.0. The van der Waals surface area contributed by atoms with Crippen molar-refractivity contribution in [3.8, 4) is 0 Å². The monoisotopic (exact) mass is 430 g/mol. The summed E-state index contributed by atoms with van der Waals surface area (Å²) in [6.45, 7) is 0. The molecule has 0 spiro atoms. The van der Waals surface area contributed by atoms with Crippen molar-refractivity contribution in [3.63, 3.8) is 0 Å². The maximum absolute atomic E-state index is 13.7. The van der Waals surface area contributed by atoms with Crippen molar-refractivity contribution in [3.05, 3.63) is 65.0 Å². The Labute approximate surface area is 169 Å². The zero-order valence-electron chi connectivity index (χ0n) is 15.9. The quantitative estimate of drug-likeness (QED) is 0.634. The summed E-state index contributed by atoms with van der Waals surface area (Å²) >= 11 is 0. The van der Waals surface area contributed by atoms with E-state index in [2.05, 4.69) is 4.98 Å². The lowest BCUT2D eigenvalue weighted by atomic mass is 9.61. The van der Waals surface area contributed by atoms with Gasteiger partial charge in [0.1, 0.15) is 0 Å². The van der Waals surface area contributed by atoms with Gasteiger partial charge < -0.3 is 5.73 Å². The molecule has 1 aliphatic carbocycles. The predicted octanol–water partition coefficient (Wildman–Crippen LogP) is 5.69. The minimum Gasteiger partial charge on any atom is -0.369 e. The van der Waals surface area contributed by atoms with Crippen molar-refractivity contribution < 1.29 is 31.1 Å². The van der Waals surface area contributed by atoms with Gasteiger partial charge in [0, 0.05) is 12.1 Å². The van der Waals surface area contributed by atoms with Crippen molar-refractivity contribution in [1.82, 2.24) is 4.98 Å². The molecule has 0 aliphatic heterocycles. The molecule has 0 bridgehead atoms. The second kappa shape index (κ2) is 7.92. The molecule has 1 atom stereocenters. The summed E-state index contributed by atoms with van der Waals surface area (Å²) in [4.78, 5) is 16.5. The number of aromatic nitrogens is 1. The summed E-state index contributed by atoms with van der Waals surface area (Å²) in [6.07, 6.45) is -5.74. The van der Waals surface area contributed by atoms with E-state index in [1.54, 1.807) is 0 Å². The fourth-order valence-electron chi connectivity index (χ4n) is 4.35. The molecule has 1 aromatic heterocycles. The van der Waals surface area contributed by atoms with Gasteiger partial charge in [-0.15, -0.1) is 0 Å². The minimum absolute atomic E-state index is 0.146. The number of pyridine rings is 1. The molecule has 0 unspecified atom stereocenters. The second-order valence-corrected chi connectivity index (χ2v) is 7.57. The number of nitrogens with two attached hydrogens (primary N) is 1. The van der Waals surface area contributed by atoms with Gasteiger partial charge in [-0.1, -0.05) is 31.4 Å². The molecule has 1 fully saturated rings. The first kappa shape index (κ1) is 22.1. The van der Waals surface area contributed by atoms with Gasteiger partial charge in [-0.05, 0) is 42.7 Å². The van der Waals surface area contributed by atoms with E-state index in [1.807, 2.05) is 0 Å². The summed E-state index contributed by atoms with van der Waals surface area (Å²) in [7, 11) is 0. The number of rotatable bonds is 4. The molecule has 2 N–H and O–H groups in total. The summed E-state index contributed by atoms with van der Waals surface area (Å²) in [6, 6.07) is 5.82. The molecule has 30 heavy (non-hydrogen) atoms.